The molecular formula is C17H22N6OS. The van der Waals surface area contributed by atoms with Crippen LogP contribution in [0, 0.1) is 0 Å². The molecule has 1 saturated heterocycles. The summed E-state index contributed by atoms with van der Waals surface area (Å²) in [7, 11) is 0. The molecule has 0 bridgehead atoms. The molecule has 3 aromatic heterocycles. The van der Waals surface area contributed by atoms with Gasteiger partial charge in [0.2, 0.25) is 5.95 Å². The molecule has 0 amide bonds. The van der Waals surface area contributed by atoms with Crippen molar-refractivity contribution in [3.05, 3.63) is 35.2 Å². The number of hydrogen-bond acceptors (Lipinski definition) is 7. The van der Waals surface area contributed by atoms with E-state index in [0.717, 1.165) is 60.8 Å². The molecule has 8 heteroatoms. The lowest BCUT2D eigenvalue weighted by Gasteiger charge is -2.27. The van der Waals surface area contributed by atoms with E-state index in [4.69, 9.17) is 9.72 Å². The Morgan fingerprint density at radius 3 is 2.88 bits per heavy atom. The lowest BCUT2D eigenvalue weighted by Crippen LogP contribution is -2.37. The number of aromatic nitrogens is 4. The molecule has 132 valence electrons. The van der Waals surface area contributed by atoms with Gasteiger partial charge in [0.25, 0.3) is 0 Å². The molecule has 4 rings (SSSR count). The summed E-state index contributed by atoms with van der Waals surface area (Å²) < 4.78 is 7.48. The van der Waals surface area contributed by atoms with Crippen LogP contribution < -0.4 is 10.2 Å². The molecule has 1 atom stereocenters. The Balaban J connectivity index is 1.56. The standard InChI is InChI=1S/C17H22N6OS/c1-3-13-10-15(21-16(19-13)22-4-7-24-8-5-22)18-12(2)14-11-23-6-9-25-17(23)20-14/h6,9-12H,3-5,7-8H2,1-2H3,(H,18,19,21)/t12-/m1/s1. The van der Waals surface area contributed by atoms with E-state index in [1.165, 1.54) is 0 Å². The average Bonchev–Trinajstić information content (AvgIpc) is 3.24. The number of aryl methyl sites for hydroxylation is 1. The van der Waals surface area contributed by atoms with Crippen LogP contribution >= 0.6 is 11.3 Å². The molecular weight excluding hydrogens is 336 g/mol. The molecule has 0 aromatic carbocycles. The van der Waals surface area contributed by atoms with Crippen LogP contribution in [0.4, 0.5) is 11.8 Å². The van der Waals surface area contributed by atoms with Crippen molar-refractivity contribution in [2.45, 2.75) is 26.3 Å². The molecule has 25 heavy (non-hydrogen) atoms. The summed E-state index contributed by atoms with van der Waals surface area (Å²) >= 11 is 1.64. The van der Waals surface area contributed by atoms with Gasteiger partial charge in [-0.25, -0.2) is 9.97 Å². The van der Waals surface area contributed by atoms with Crippen LogP contribution in [0.5, 0.6) is 0 Å². The molecule has 0 saturated carbocycles. The Kier molecular flexibility index (Phi) is 4.54. The van der Waals surface area contributed by atoms with Crippen LogP contribution in [0.15, 0.2) is 23.8 Å². The highest BCUT2D eigenvalue weighted by molar-refractivity contribution is 7.15. The van der Waals surface area contributed by atoms with Gasteiger partial charge in [0.05, 0.1) is 24.9 Å². The summed E-state index contributed by atoms with van der Waals surface area (Å²) in [5, 5.41) is 5.52. The zero-order valence-corrected chi connectivity index (χ0v) is 15.3. The number of anilines is 2. The van der Waals surface area contributed by atoms with Crippen LogP contribution in [-0.4, -0.2) is 45.7 Å². The molecule has 3 aromatic rings. The van der Waals surface area contributed by atoms with Crippen molar-refractivity contribution in [2.75, 3.05) is 36.5 Å². The maximum Gasteiger partial charge on any atom is 0.227 e. The summed E-state index contributed by atoms with van der Waals surface area (Å²) in [5.41, 5.74) is 2.05. The van der Waals surface area contributed by atoms with Gasteiger partial charge in [-0.1, -0.05) is 6.92 Å². The van der Waals surface area contributed by atoms with Crippen molar-refractivity contribution in [1.29, 1.82) is 0 Å². The Morgan fingerprint density at radius 1 is 1.28 bits per heavy atom. The Bertz CT molecular complexity index is 825. The largest absolute Gasteiger partial charge is 0.378 e. The first-order valence-corrected chi connectivity index (χ1v) is 9.50. The molecule has 1 N–H and O–H groups in total. The first-order chi connectivity index (χ1) is 12.2. The van der Waals surface area contributed by atoms with Gasteiger partial charge in [-0.05, 0) is 13.3 Å². The quantitative estimate of drug-likeness (QED) is 0.756. The second-order valence-electron chi connectivity index (χ2n) is 6.12. The third-order valence-corrected chi connectivity index (χ3v) is 5.11. The topological polar surface area (TPSA) is 67.6 Å². The molecule has 7 nitrogen and oxygen atoms in total. The fourth-order valence-electron chi connectivity index (χ4n) is 2.89. The number of ether oxygens (including phenoxy) is 1. The van der Waals surface area contributed by atoms with Gasteiger partial charge in [0.15, 0.2) is 4.96 Å². The van der Waals surface area contributed by atoms with Crippen LogP contribution in [-0.2, 0) is 11.2 Å². The number of hydrogen-bond donors (Lipinski definition) is 1. The van der Waals surface area contributed by atoms with E-state index >= 15 is 0 Å². The first-order valence-electron chi connectivity index (χ1n) is 8.62. The summed E-state index contributed by atoms with van der Waals surface area (Å²) in [4.78, 5) is 17.3. The van der Waals surface area contributed by atoms with Crippen molar-refractivity contribution in [3.8, 4) is 0 Å². The molecule has 1 aliphatic heterocycles. The lowest BCUT2D eigenvalue weighted by atomic mass is 10.2. The fraction of sp³-hybridized carbons (Fsp3) is 0.471. The lowest BCUT2D eigenvalue weighted by molar-refractivity contribution is 0.122. The predicted octanol–water partition coefficient (Wildman–Crippen LogP) is 2.76. The molecule has 0 radical (unpaired) electrons. The van der Waals surface area contributed by atoms with Crippen molar-refractivity contribution in [1.82, 2.24) is 19.4 Å². The number of nitrogens with one attached hydrogen (secondary N) is 1. The van der Waals surface area contributed by atoms with Crippen molar-refractivity contribution < 1.29 is 4.74 Å². The maximum absolute atomic E-state index is 5.43. The van der Waals surface area contributed by atoms with Crippen molar-refractivity contribution in [2.24, 2.45) is 0 Å². The zero-order valence-electron chi connectivity index (χ0n) is 14.5. The highest BCUT2D eigenvalue weighted by Gasteiger charge is 2.17. The van der Waals surface area contributed by atoms with Crippen LogP contribution in [0.2, 0.25) is 0 Å². The van der Waals surface area contributed by atoms with Gasteiger partial charge < -0.3 is 15.0 Å². The number of imidazole rings is 1. The van der Waals surface area contributed by atoms with E-state index in [-0.39, 0.29) is 6.04 Å². The molecule has 0 aliphatic carbocycles. The van der Waals surface area contributed by atoms with E-state index < -0.39 is 0 Å². The van der Waals surface area contributed by atoms with Gasteiger partial charge in [-0.15, -0.1) is 11.3 Å². The first kappa shape index (κ1) is 16.3. The monoisotopic (exact) mass is 358 g/mol. The van der Waals surface area contributed by atoms with Crippen LogP contribution in [0.25, 0.3) is 4.96 Å². The fourth-order valence-corrected chi connectivity index (χ4v) is 3.60. The Labute approximate surface area is 150 Å². The molecule has 1 aliphatic rings. The third-order valence-electron chi connectivity index (χ3n) is 4.34. The minimum Gasteiger partial charge on any atom is -0.378 e. The Hall–Kier alpha value is -2.19. The van der Waals surface area contributed by atoms with E-state index in [1.54, 1.807) is 11.3 Å². The smallest absolute Gasteiger partial charge is 0.227 e. The van der Waals surface area contributed by atoms with Crippen molar-refractivity contribution in [3.63, 3.8) is 0 Å². The second-order valence-corrected chi connectivity index (χ2v) is 7.00. The third kappa shape index (κ3) is 3.45. The molecule has 0 spiro atoms. The molecule has 1 fully saturated rings. The zero-order chi connectivity index (χ0) is 17.2. The minimum absolute atomic E-state index is 0.0734. The second kappa shape index (κ2) is 6.97. The normalized spacial score (nSPS) is 16.3. The van der Waals surface area contributed by atoms with E-state index in [1.807, 2.05) is 17.6 Å². The van der Waals surface area contributed by atoms with Gasteiger partial charge in [0.1, 0.15) is 5.82 Å². The summed E-state index contributed by atoms with van der Waals surface area (Å²) in [5.74, 6) is 1.63. The number of fused-ring (bicyclic) bond motifs is 1. The highest BCUT2D eigenvalue weighted by Crippen LogP contribution is 2.22. The van der Waals surface area contributed by atoms with E-state index in [2.05, 4.69) is 44.6 Å². The number of rotatable bonds is 5. The summed E-state index contributed by atoms with van der Waals surface area (Å²) in [6, 6.07) is 2.10. The van der Waals surface area contributed by atoms with Crippen LogP contribution in [0.1, 0.15) is 31.3 Å². The average molecular weight is 358 g/mol. The SMILES string of the molecule is CCc1cc(N[C@H](C)c2cn3ccsc3n2)nc(N2CCOCC2)n1. The van der Waals surface area contributed by atoms with Crippen LogP contribution in [0.3, 0.4) is 0 Å². The van der Waals surface area contributed by atoms with Gasteiger partial charge in [-0.2, -0.15) is 4.98 Å². The number of morpholine rings is 1. The number of nitrogens with zero attached hydrogens (tertiary/aromatic N) is 5. The molecule has 0 unspecified atom stereocenters. The van der Waals surface area contributed by atoms with E-state index in [0.29, 0.717) is 0 Å². The van der Waals surface area contributed by atoms with Gasteiger partial charge in [-0.3, -0.25) is 4.40 Å². The molecule has 4 heterocycles. The van der Waals surface area contributed by atoms with Gasteiger partial charge >= 0.3 is 0 Å². The predicted molar refractivity (Wildman–Crippen MR) is 99.5 cm³/mol. The Morgan fingerprint density at radius 2 is 2.12 bits per heavy atom. The summed E-state index contributed by atoms with van der Waals surface area (Å²) in [6.07, 6.45) is 4.97. The number of thiazole rings is 1. The van der Waals surface area contributed by atoms with Crippen molar-refractivity contribution >= 4 is 28.1 Å². The van der Waals surface area contributed by atoms with E-state index in [9.17, 15) is 0 Å². The van der Waals surface area contributed by atoms with Gasteiger partial charge in [0, 0.05) is 42.6 Å². The minimum atomic E-state index is 0.0734. The maximum atomic E-state index is 5.43. The summed E-state index contributed by atoms with van der Waals surface area (Å²) in [6.45, 7) is 7.34. The highest BCUT2D eigenvalue weighted by atomic mass is 32.1.